The van der Waals surface area contributed by atoms with E-state index >= 15 is 0 Å². The SMILES string of the molecule is COC(=O)c1ccccc1NC(=O)[C@H](C)NS(=O)(=O)c1ccc(OC)c(Cl)c1. The zero-order valence-electron chi connectivity index (χ0n) is 15.4. The van der Waals surface area contributed by atoms with Crippen LogP contribution in [0.5, 0.6) is 5.75 Å². The summed E-state index contributed by atoms with van der Waals surface area (Å²) in [5.41, 5.74) is 0.355. The van der Waals surface area contributed by atoms with Crippen LogP contribution in [0.1, 0.15) is 17.3 Å². The molecule has 0 saturated heterocycles. The maximum Gasteiger partial charge on any atom is 0.339 e. The number of benzene rings is 2. The summed E-state index contributed by atoms with van der Waals surface area (Å²) in [4.78, 5) is 24.1. The molecule has 0 unspecified atom stereocenters. The second kappa shape index (κ2) is 9.05. The molecule has 150 valence electrons. The van der Waals surface area contributed by atoms with Crippen molar-refractivity contribution in [1.29, 1.82) is 0 Å². The third-order valence-electron chi connectivity index (χ3n) is 3.75. The van der Waals surface area contributed by atoms with Crippen molar-refractivity contribution in [3.63, 3.8) is 0 Å². The van der Waals surface area contributed by atoms with Crippen LogP contribution in [0.4, 0.5) is 5.69 Å². The summed E-state index contributed by atoms with van der Waals surface area (Å²) in [5, 5.41) is 2.64. The zero-order valence-corrected chi connectivity index (χ0v) is 16.9. The smallest absolute Gasteiger partial charge is 0.339 e. The first kappa shape index (κ1) is 21.7. The van der Waals surface area contributed by atoms with Crippen molar-refractivity contribution in [2.75, 3.05) is 19.5 Å². The van der Waals surface area contributed by atoms with Crippen LogP contribution < -0.4 is 14.8 Å². The van der Waals surface area contributed by atoms with E-state index in [1.807, 2.05) is 0 Å². The standard InChI is InChI=1S/C18H19ClN2O6S/c1-11(17(22)20-15-7-5-4-6-13(15)18(23)27-3)21-28(24,25)12-8-9-16(26-2)14(19)10-12/h4-11,21H,1-3H3,(H,20,22)/t11-/m0/s1. The van der Waals surface area contributed by atoms with Gasteiger partial charge in [0.15, 0.2) is 0 Å². The molecule has 2 aromatic rings. The Balaban J connectivity index is 2.16. The molecule has 0 aliphatic heterocycles. The molecule has 10 heteroatoms. The predicted octanol–water partition coefficient (Wildman–Crippen LogP) is 2.44. The van der Waals surface area contributed by atoms with Gasteiger partial charge in [-0.15, -0.1) is 0 Å². The molecular weight excluding hydrogens is 408 g/mol. The number of ether oxygens (including phenoxy) is 2. The maximum atomic E-state index is 12.5. The number of sulfonamides is 1. The van der Waals surface area contributed by atoms with Gasteiger partial charge in [0.25, 0.3) is 0 Å². The average Bonchev–Trinajstić information content (AvgIpc) is 2.67. The lowest BCUT2D eigenvalue weighted by molar-refractivity contribution is -0.117. The molecule has 0 aliphatic carbocycles. The van der Waals surface area contributed by atoms with Crippen molar-refractivity contribution in [3.8, 4) is 5.75 Å². The largest absolute Gasteiger partial charge is 0.495 e. The molecule has 0 heterocycles. The van der Waals surface area contributed by atoms with Gasteiger partial charge in [0.05, 0.1) is 41.4 Å². The molecule has 0 bridgehead atoms. The van der Waals surface area contributed by atoms with Crippen molar-refractivity contribution in [1.82, 2.24) is 4.72 Å². The lowest BCUT2D eigenvalue weighted by Crippen LogP contribution is -2.41. The topological polar surface area (TPSA) is 111 Å². The van der Waals surface area contributed by atoms with E-state index in [1.165, 1.54) is 51.5 Å². The number of hydrogen-bond donors (Lipinski definition) is 2. The number of hydrogen-bond acceptors (Lipinski definition) is 6. The fourth-order valence-electron chi connectivity index (χ4n) is 2.29. The van der Waals surface area contributed by atoms with Gasteiger partial charge >= 0.3 is 5.97 Å². The highest BCUT2D eigenvalue weighted by Crippen LogP contribution is 2.27. The van der Waals surface area contributed by atoms with Gasteiger partial charge in [0.2, 0.25) is 15.9 Å². The Morgan fingerprint density at radius 3 is 2.39 bits per heavy atom. The molecule has 0 aliphatic rings. The summed E-state index contributed by atoms with van der Waals surface area (Å²) in [7, 11) is -1.39. The van der Waals surface area contributed by atoms with E-state index < -0.39 is 27.9 Å². The van der Waals surface area contributed by atoms with Gasteiger partial charge in [-0.1, -0.05) is 23.7 Å². The second-order valence-corrected chi connectivity index (χ2v) is 7.79. The minimum Gasteiger partial charge on any atom is -0.495 e. The third kappa shape index (κ3) is 5.00. The Bertz CT molecular complexity index is 993. The van der Waals surface area contributed by atoms with Gasteiger partial charge in [0, 0.05) is 0 Å². The van der Waals surface area contributed by atoms with Gasteiger partial charge in [0.1, 0.15) is 5.75 Å². The van der Waals surface area contributed by atoms with E-state index in [2.05, 4.69) is 14.8 Å². The van der Waals surface area contributed by atoms with Crippen molar-refractivity contribution in [2.24, 2.45) is 0 Å². The molecule has 0 radical (unpaired) electrons. The van der Waals surface area contributed by atoms with Crippen molar-refractivity contribution >= 4 is 39.2 Å². The monoisotopic (exact) mass is 426 g/mol. The first-order valence-corrected chi connectivity index (χ1v) is 9.89. The Morgan fingerprint density at radius 2 is 1.79 bits per heavy atom. The van der Waals surface area contributed by atoms with Crippen molar-refractivity contribution in [3.05, 3.63) is 53.1 Å². The van der Waals surface area contributed by atoms with Crippen LogP contribution in [0, 0.1) is 0 Å². The van der Waals surface area contributed by atoms with Gasteiger partial charge in [-0.25, -0.2) is 13.2 Å². The lowest BCUT2D eigenvalue weighted by Gasteiger charge is -2.16. The zero-order chi connectivity index (χ0) is 20.9. The van der Waals surface area contributed by atoms with E-state index in [9.17, 15) is 18.0 Å². The van der Waals surface area contributed by atoms with Gasteiger partial charge in [-0.2, -0.15) is 4.72 Å². The number of methoxy groups -OCH3 is 2. The Morgan fingerprint density at radius 1 is 1.11 bits per heavy atom. The highest BCUT2D eigenvalue weighted by molar-refractivity contribution is 7.89. The minimum absolute atomic E-state index is 0.118. The van der Waals surface area contributed by atoms with E-state index in [4.69, 9.17) is 16.3 Å². The molecule has 28 heavy (non-hydrogen) atoms. The molecule has 1 atom stereocenters. The number of nitrogens with one attached hydrogen (secondary N) is 2. The third-order valence-corrected chi connectivity index (χ3v) is 5.58. The highest BCUT2D eigenvalue weighted by Gasteiger charge is 2.24. The van der Waals surface area contributed by atoms with Gasteiger partial charge < -0.3 is 14.8 Å². The van der Waals surface area contributed by atoms with E-state index in [1.54, 1.807) is 12.1 Å². The summed E-state index contributed by atoms with van der Waals surface area (Å²) in [6.45, 7) is 1.37. The lowest BCUT2D eigenvalue weighted by atomic mass is 10.1. The molecule has 0 fully saturated rings. The molecule has 2 N–H and O–H groups in total. The van der Waals surface area contributed by atoms with Crippen LogP contribution >= 0.6 is 11.6 Å². The van der Waals surface area contributed by atoms with E-state index in [0.717, 1.165) is 0 Å². The molecule has 0 saturated carbocycles. The summed E-state index contributed by atoms with van der Waals surface area (Å²) in [5.74, 6) is -0.956. The maximum absolute atomic E-state index is 12.5. The number of anilines is 1. The van der Waals surface area contributed by atoms with Gasteiger partial charge in [-0.3, -0.25) is 4.79 Å². The molecular formula is C18H19ClN2O6S. The van der Waals surface area contributed by atoms with Crippen LogP contribution in [0.2, 0.25) is 5.02 Å². The summed E-state index contributed by atoms with van der Waals surface area (Å²) < 4.78 is 36.9. The number of rotatable bonds is 7. The first-order valence-electron chi connectivity index (χ1n) is 8.03. The Hall–Kier alpha value is -2.62. The van der Waals surface area contributed by atoms with Crippen molar-refractivity contribution < 1.29 is 27.5 Å². The highest BCUT2D eigenvalue weighted by atomic mass is 35.5. The molecule has 2 aromatic carbocycles. The number of para-hydroxylation sites is 1. The molecule has 2 rings (SSSR count). The normalized spacial score (nSPS) is 12.1. The molecule has 0 spiro atoms. The Labute approximate surface area is 167 Å². The summed E-state index contributed by atoms with van der Waals surface area (Å²) in [6, 6.07) is 9.04. The number of carbonyl (C=O) groups excluding carboxylic acids is 2. The summed E-state index contributed by atoms with van der Waals surface area (Å²) >= 11 is 5.96. The van der Waals surface area contributed by atoms with Gasteiger partial charge in [-0.05, 0) is 37.3 Å². The van der Waals surface area contributed by atoms with Crippen LogP contribution in [-0.4, -0.2) is 40.6 Å². The van der Waals surface area contributed by atoms with E-state index in [-0.39, 0.29) is 21.2 Å². The molecule has 0 aromatic heterocycles. The number of carbonyl (C=O) groups is 2. The van der Waals surface area contributed by atoms with Crippen LogP contribution in [0.15, 0.2) is 47.4 Å². The molecule has 1 amide bonds. The molecule has 8 nitrogen and oxygen atoms in total. The average molecular weight is 427 g/mol. The predicted molar refractivity (Wildman–Crippen MR) is 104 cm³/mol. The fraction of sp³-hybridized carbons (Fsp3) is 0.222. The minimum atomic E-state index is -4.02. The number of amides is 1. The van der Waals surface area contributed by atoms with Crippen LogP contribution in [-0.2, 0) is 19.6 Å². The van der Waals surface area contributed by atoms with E-state index in [0.29, 0.717) is 5.75 Å². The number of halogens is 1. The van der Waals surface area contributed by atoms with Crippen LogP contribution in [0.25, 0.3) is 0 Å². The Kier molecular flexibility index (Phi) is 7.00. The summed E-state index contributed by atoms with van der Waals surface area (Å²) in [6.07, 6.45) is 0. The fourth-order valence-corrected chi connectivity index (χ4v) is 3.84. The van der Waals surface area contributed by atoms with Crippen molar-refractivity contribution in [2.45, 2.75) is 17.9 Å². The quantitative estimate of drug-likeness (QED) is 0.658. The second-order valence-electron chi connectivity index (χ2n) is 5.67. The number of esters is 1. The van der Waals surface area contributed by atoms with Crippen LogP contribution in [0.3, 0.4) is 0 Å². The first-order chi connectivity index (χ1) is 13.2.